The van der Waals surface area contributed by atoms with Crippen LogP contribution < -0.4 is 5.32 Å². The molecule has 0 aliphatic rings. The van der Waals surface area contributed by atoms with Crippen molar-refractivity contribution in [2.75, 3.05) is 20.6 Å². The Balaban J connectivity index is 2.55. The molecule has 0 spiro atoms. The fourth-order valence-electron chi connectivity index (χ4n) is 1.35. The van der Waals surface area contributed by atoms with E-state index in [1.54, 1.807) is 18.2 Å². The zero-order valence-electron chi connectivity index (χ0n) is 10.8. The fraction of sp³-hybridized carbons (Fsp3) is 0.538. The van der Waals surface area contributed by atoms with Gasteiger partial charge in [-0.1, -0.05) is 23.7 Å². The maximum atomic E-state index is 13.6. The number of nitrogens with one attached hydrogen (secondary N) is 1. The van der Waals surface area contributed by atoms with E-state index in [0.717, 1.165) is 6.54 Å². The minimum atomic E-state index is -0.329. The Morgan fingerprint density at radius 3 is 2.59 bits per heavy atom. The third-order valence-electron chi connectivity index (χ3n) is 3.12. The van der Waals surface area contributed by atoms with Crippen molar-refractivity contribution in [3.63, 3.8) is 0 Å². The van der Waals surface area contributed by atoms with E-state index in [2.05, 4.69) is 24.1 Å². The molecule has 17 heavy (non-hydrogen) atoms. The molecular formula is C13H20ClFN2. The van der Waals surface area contributed by atoms with Gasteiger partial charge in [0.05, 0.1) is 5.02 Å². The normalized spacial score (nSPS) is 12.2. The van der Waals surface area contributed by atoms with Crippen LogP contribution in [0.15, 0.2) is 18.2 Å². The van der Waals surface area contributed by atoms with Crippen molar-refractivity contribution in [2.24, 2.45) is 0 Å². The highest BCUT2D eigenvalue weighted by molar-refractivity contribution is 6.30. The third-order valence-corrected chi connectivity index (χ3v) is 3.41. The van der Waals surface area contributed by atoms with Gasteiger partial charge in [0, 0.05) is 24.2 Å². The largest absolute Gasteiger partial charge is 0.311 e. The summed E-state index contributed by atoms with van der Waals surface area (Å²) in [6.07, 6.45) is 0. The maximum Gasteiger partial charge on any atom is 0.146 e. The van der Waals surface area contributed by atoms with Crippen molar-refractivity contribution in [2.45, 2.75) is 25.9 Å². The van der Waals surface area contributed by atoms with Gasteiger partial charge in [-0.3, -0.25) is 0 Å². The smallest absolute Gasteiger partial charge is 0.146 e. The van der Waals surface area contributed by atoms with Crippen LogP contribution in [0.25, 0.3) is 0 Å². The summed E-state index contributed by atoms with van der Waals surface area (Å²) in [6.45, 7) is 5.54. The van der Waals surface area contributed by atoms with Gasteiger partial charge in [-0.25, -0.2) is 4.39 Å². The summed E-state index contributed by atoms with van der Waals surface area (Å²) in [6, 6.07) is 5.07. The van der Waals surface area contributed by atoms with Crippen LogP contribution in [0.4, 0.5) is 4.39 Å². The minimum Gasteiger partial charge on any atom is -0.311 e. The van der Waals surface area contributed by atoms with Crippen molar-refractivity contribution in [3.05, 3.63) is 34.6 Å². The first-order chi connectivity index (χ1) is 7.84. The molecule has 0 saturated carbocycles. The first-order valence-electron chi connectivity index (χ1n) is 5.65. The first kappa shape index (κ1) is 14.4. The molecule has 96 valence electrons. The Morgan fingerprint density at radius 2 is 2.00 bits per heavy atom. The number of benzene rings is 1. The van der Waals surface area contributed by atoms with Crippen molar-refractivity contribution in [1.29, 1.82) is 0 Å². The molecular weight excluding hydrogens is 239 g/mol. The molecule has 4 heteroatoms. The summed E-state index contributed by atoms with van der Waals surface area (Å²) in [7, 11) is 4.06. The van der Waals surface area contributed by atoms with Crippen LogP contribution in [0.3, 0.4) is 0 Å². The average molecular weight is 259 g/mol. The second-order valence-electron chi connectivity index (χ2n) is 5.02. The molecule has 0 aromatic heterocycles. The molecule has 0 amide bonds. The van der Waals surface area contributed by atoms with Crippen LogP contribution in [0.5, 0.6) is 0 Å². The molecule has 0 atom stereocenters. The van der Waals surface area contributed by atoms with E-state index < -0.39 is 0 Å². The SMILES string of the molecule is CN(C)C(C)(C)CNCc1cccc(Cl)c1F. The van der Waals surface area contributed by atoms with Crippen LogP contribution in [-0.2, 0) is 6.54 Å². The number of hydrogen-bond acceptors (Lipinski definition) is 2. The van der Waals surface area contributed by atoms with Crippen LogP contribution in [0.1, 0.15) is 19.4 Å². The average Bonchev–Trinajstić information content (AvgIpc) is 2.24. The van der Waals surface area contributed by atoms with Crippen molar-refractivity contribution in [3.8, 4) is 0 Å². The van der Waals surface area contributed by atoms with E-state index in [1.165, 1.54) is 0 Å². The van der Waals surface area contributed by atoms with Crippen molar-refractivity contribution < 1.29 is 4.39 Å². The number of likely N-dealkylation sites (N-methyl/N-ethyl adjacent to an activating group) is 1. The monoisotopic (exact) mass is 258 g/mol. The van der Waals surface area contributed by atoms with Gasteiger partial charge in [-0.2, -0.15) is 0 Å². The fourth-order valence-corrected chi connectivity index (χ4v) is 1.54. The van der Waals surface area contributed by atoms with Gasteiger partial charge in [0.15, 0.2) is 0 Å². The molecule has 0 bridgehead atoms. The van der Waals surface area contributed by atoms with E-state index in [9.17, 15) is 4.39 Å². The Morgan fingerprint density at radius 1 is 1.35 bits per heavy atom. The Hall–Kier alpha value is -0.640. The highest BCUT2D eigenvalue weighted by atomic mass is 35.5. The van der Waals surface area contributed by atoms with E-state index in [-0.39, 0.29) is 16.4 Å². The number of nitrogens with zero attached hydrogens (tertiary/aromatic N) is 1. The molecule has 0 saturated heterocycles. The van der Waals surface area contributed by atoms with Crippen LogP contribution >= 0.6 is 11.6 Å². The number of rotatable bonds is 5. The quantitative estimate of drug-likeness (QED) is 0.874. The zero-order chi connectivity index (χ0) is 13.1. The molecule has 2 nitrogen and oxygen atoms in total. The molecule has 0 unspecified atom stereocenters. The summed E-state index contributed by atoms with van der Waals surface area (Å²) < 4.78 is 13.6. The Bertz CT molecular complexity index is 378. The van der Waals surface area contributed by atoms with E-state index in [1.807, 2.05) is 14.1 Å². The van der Waals surface area contributed by atoms with Gasteiger partial charge in [0.1, 0.15) is 5.82 Å². The predicted molar refractivity (Wildman–Crippen MR) is 70.9 cm³/mol. The maximum absolute atomic E-state index is 13.6. The van der Waals surface area contributed by atoms with Gasteiger partial charge in [0.25, 0.3) is 0 Å². The molecule has 1 N–H and O–H groups in total. The summed E-state index contributed by atoms with van der Waals surface area (Å²) in [5.74, 6) is -0.329. The van der Waals surface area contributed by atoms with Crippen LogP contribution in [-0.4, -0.2) is 31.1 Å². The van der Waals surface area contributed by atoms with Crippen LogP contribution in [0, 0.1) is 5.82 Å². The van der Waals surface area contributed by atoms with E-state index >= 15 is 0 Å². The van der Waals surface area contributed by atoms with Gasteiger partial charge < -0.3 is 10.2 Å². The summed E-state index contributed by atoms with van der Waals surface area (Å²) in [5, 5.41) is 3.43. The lowest BCUT2D eigenvalue weighted by Crippen LogP contribution is -2.46. The lowest BCUT2D eigenvalue weighted by molar-refractivity contribution is 0.189. The molecule has 1 aromatic carbocycles. The molecule has 1 aromatic rings. The number of hydrogen-bond donors (Lipinski definition) is 1. The standard InChI is InChI=1S/C13H20ClFN2/c1-13(2,17(3)4)9-16-8-10-6-5-7-11(14)12(10)15/h5-7,16H,8-9H2,1-4H3. The summed E-state index contributed by atoms with van der Waals surface area (Å²) >= 11 is 5.72. The molecule has 0 aliphatic carbocycles. The molecule has 0 heterocycles. The second-order valence-corrected chi connectivity index (χ2v) is 5.43. The highest BCUT2D eigenvalue weighted by Gasteiger charge is 2.19. The van der Waals surface area contributed by atoms with E-state index in [4.69, 9.17) is 11.6 Å². The van der Waals surface area contributed by atoms with Gasteiger partial charge in [-0.05, 0) is 34.0 Å². The summed E-state index contributed by atoms with van der Waals surface area (Å²) in [4.78, 5) is 2.13. The Labute approximate surface area is 108 Å². The topological polar surface area (TPSA) is 15.3 Å². The molecule has 0 aliphatic heterocycles. The van der Waals surface area contributed by atoms with E-state index in [0.29, 0.717) is 12.1 Å². The van der Waals surface area contributed by atoms with Crippen LogP contribution in [0.2, 0.25) is 5.02 Å². The lowest BCUT2D eigenvalue weighted by Gasteiger charge is -2.32. The molecule has 1 rings (SSSR count). The first-order valence-corrected chi connectivity index (χ1v) is 6.03. The third kappa shape index (κ3) is 3.95. The minimum absolute atomic E-state index is 0.0368. The zero-order valence-corrected chi connectivity index (χ0v) is 11.6. The van der Waals surface area contributed by atoms with Gasteiger partial charge >= 0.3 is 0 Å². The molecule has 0 radical (unpaired) electrons. The van der Waals surface area contributed by atoms with Crippen molar-refractivity contribution in [1.82, 2.24) is 10.2 Å². The predicted octanol–water partition coefficient (Wildman–Crippen LogP) is 2.91. The second kappa shape index (κ2) is 5.80. The summed E-state index contributed by atoms with van der Waals surface area (Å²) in [5.41, 5.74) is 0.641. The lowest BCUT2D eigenvalue weighted by atomic mass is 10.0. The van der Waals surface area contributed by atoms with Gasteiger partial charge in [-0.15, -0.1) is 0 Å². The van der Waals surface area contributed by atoms with Gasteiger partial charge in [0.2, 0.25) is 0 Å². The van der Waals surface area contributed by atoms with Crippen molar-refractivity contribution >= 4 is 11.6 Å². The number of halogens is 2. The Kier molecular flexibility index (Phi) is 4.92. The highest BCUT2D eigenvalue weighted by Crippen LogP contribution is 2.17. The molecule has 0 fully saturated rings.